The van der Waals surface area contributed by atoms with E-state index in [1.807, 2.05) is 0 Å². The molecule has 2 amide bonds. The Morgan fingerprint density at radius 2 is 1.71 bits per heavy atom. The minimum atomic E-state index is -4.53. The van der Waals surface area contributed by atoms with Gasteiger partial charge in [-0.2, -0.15) is 17.5 Å². The van der Waals surface area contributed by atoms with Crippen molar-refractivity contribution in [3.8, 4) is 0 Å². The highest BCUT2D eigenvalue weighted by atomic mass is 32.2. The van der Waals surface area contributed by atoms with Crippen LogP contribution in [-0.2, 0) is 14.8 Å². The summed E-state index contributed by atoms with van der Waals surface area (Å²) in [6, 6.07) is 5.92. The number of halogens is 3. The summed E-state index contributed by atoms with van der Waals surface area (Å²) >= 11 is 0. The Labute approximate surface area is 160 Å². The molecule has 1 aliphatic heterocycles. The maximum Gasteiger partial charge on any atom is 0.405 e. The largest absolute Gasteiger partial charge is 0.405 e. The predicted octanol–water partition coefficient (Wildman–Crippen LogP) is 0.494. The Hall–Kier alpha value is -2.34. The number of carbonyl (C=O) groups excluding carboxylic acids is 2. The molecular formula is C16H21F3N4O4S. The molecule has 0 atom stereocenters. The highest BCUT2D eigenvalue weighted by Crippen LogP contribution is 2.17. The fourth-order valence-corrected chi connectivity index (χ4v) is 3.49. The highest BCUT2D eigenvalue weighted by Gasteiger charge is 2.29. The Morgan fingerprint density at radius 3 is 2.29 bits per heavy atom. The first-order valence-corrected chi connectivity index (χ1v) is 10.2. The van der Waals surface area contributed by atoms with Gasteiger partial charge in [0.2, 0.25) is 15.9 Å². The molecule has 1 aromatic carbocycles. The number of amides is 2. The van der Waals surface area contributed by atoms with Gasteiger partial charge in [-0.1, -0.05) is 12.1 Å². The van der Waals surface area contributed by atoms with Crippen LogP contribution in [0.25, 0.3) is 0 Å². The molecule has 0 bridgehead atoms. The van der Waals surface area contributed by atoms with Gasteiger partial charge in [0.15, 0.2) is 0 Å². The molecule has 0 radical (unpaired) electrons. The van der Waals surface area contributed by atoms with E-state index in [0.717, 1.165) is 6.26 Å². The van der Waals surface area contributed by atoms with Crippen molar-refractivity contribution in [1.29, 1.82) is 0 Å². The second-order valence-electron chi connectivity index (χ2n) is 6.24. The van der Waals surface area contributed by atoms with Crippen LogP contribution < -0.4 is 10.6 Å². The van der Waals surface area contributed by atoms with Crippen LogP contribution in [0.5, 0.6) is 0 Å². The maximum atomic E-state index is 12.3. The van der Waals surface area contributed by atoms with E-state index >= 15 is 0 Å². The average Bonchev–Trinajstić information content (AvgIpc) is 2.63. The first-order valence-electron chi connectivity index (χ1n) is 8.38. The molecule has 12 heteroatoms. The van der Waals surface area contributed by atoms with Crippen molar-refractivity contribution in [2.75, 3.05) is 50.8 Å². The van der Waals surface area contributed by atoms with E-state index in [0.29, 0.717) is 0 Å². The van der Waals surface area contributed by atoms with Crippen LogP contribution in [0, 0.1) is 0 Å². The molecule has 2 N–H and O–H groups in total. The lowest BCUT2D eigenvalue weighted by Crippen LogP contribution is -2.51. The van der Waals surface area contributed by atoms with Gasteiger partial charge in [0, 0.05) is 31.9 Å². The summed E-state index contributed by atoms with van der Waals surface area (Å²) in [6.45, 7) is -0.767. The van der Waals surface area contributed by atoms with Crippen LogP contribution in [-0.4, -0.2) is 81.1 Å². The number of nitrogens with zero attached hydrogens (tertiary/aromatic N) is 2. The van der Waals surface area contributed by atoms with Crippen molar-refractivity contribution in [3.05, 3.63) is 29.8 Å². The maximum absolute atomic E-state index is 12.3. The van der Waals surface area contributed by atoms with Gasteiger partial charge in [-0.15, -0.1) is 0 Å². The smallest absolute Gasteiger partial charge is 0.376 e. The van der Waals surface area contributed by atoms with E-state index in [2.05, 4.69) is 5.32 Å². The molecule has 0 aromatic heterocycles. The molecule has 0 spiro atoms. The number of piperazine rings is 1. The molecule has 0 aliphatic carbocycles. The minimum Gasteiger partial charge on any atom is -0.376 e. The number of sulfonamides is 1. The van der Waals surface area contributed by atoms with E-state index in [1.54, 1.807) is 11.4 Å². The molecule has 28 heavy (non-hydrogen) atoms. The normalized spacial score (nSPS) is 15.9. The molecule has 1 fully saturated rings. The second kappa shape index (κ2) is 8.78. The number of hydrogen-bond donors (Lipinski definition) is 2. The molecule has 1 heterocycles. The summed E-state index contributed by atoms with van der Waals surface area (Å²) in [7, 11) is -3.31. The second-order valence-corrected chi connectivity index (χ2v) is 8.22. The lowest BCUT2D eigenvalue weighted by Gasteiger charge is -2.33. The van der Waals surface area contributed by atoms with Crippen molar-refractivity contribution in [3.63, 3.8) is 0 Å². The zero-order chi connectivity index (χ0) is 20.9. The van der Waals surface area contributed by atoms with Crippen LogP contribution in [0.4, 0.5) is 18.9 Å². The summed E-state index contributed by atoms with van der Waals surface area (Å²) in [6.07, 6.45) is -3.42. The van der Waals surface area contributed by atoms with E-state index in [-0.39, 0.29) is 49.9 Å². The van der Waals surface area contributed by atoms with E-state index in [9.17, 15) is 31.2 Å². The summed E-state index contributed by atoms with van der Waals surface area (Å²) < 4.78 is 61.1. The fraction of sp³-hybridized carbons (Fsp3) is 0.500. The van der Waals surface area contributed by atoms with Crippen LogP contribution in [0.2, 0.25) is 0 Å². The van der Waals surface area contributed by atoms with Crippen molar-refractivity contribution in [1.82, 2.24) is 14.5 Å². The molecular weight excluding hydrogens is 401 g/mol. The lowest BCUT2D eigenvalue weighted by molar-refractivity contribution is -0.130. The summed E-state index contributed by atoms with van der Waals surface area (Å²) in [5, 5.41) is 4.55. The Balaban J connectivity index is 1.92. The molecule has 0 saturated carbocycles. The van der Waals surface area contributed by atoms with Gasteiger partial charge in [0.05, 0.1) is 18.4 Å². The van der Waals surface area contributed by atoms with E-state index < -0.39 is 28.7 Å². The van der Waals surface area contributed by atoms with Gasteiger partial charge in [-0.3, -0.25) is 9.59 Å². The first-order chi connectivity index (χ1) is 13.0. The summed E-state index contributed by atoms with van der Waals surface area (Å²) in [5.74, 6) is -1.21. The van der Waals surface area contributed by atoms with Crippen molar-refractivity contribution in [2.24, 2.45) is 0 Å². The van der Waals surface area contributed by atoms with Crippen LogP contribution >= 0.6 is 0 Å². The third kappa shape index (κ3) is 6.37. The highest BCUT2D eigenvalue weighted by molar-refractivity contribution is 7.88. The SMILES string of the molecule is CS(=O)(=O)N1CCN(C(=O)CNc2ccccc2C(=O)NCC(F)(F)F)CC1. The number of anilines is 1. The zero-order valence-electron chi connectivity index (χ0n) is 15.1. The molecule has 0 unspecified atom stereocenters. The standard InChI is InChI=1S/C16H21F3N4O4S/c1-28(26,27)23-8-6-22(7-9-23)14(24)10-20-13-5-3-2-4-12(13)15(25)21-11-16(17,18)19/h2-5,20H,6-11H2,1H3,(H,21,25). The van der Waals surface area contributed by atoms with Gasteiger partial charge < -0.3 is 15.5 Å². The van der Waals surface area contributed by atoms with Gasteiger partial charge in [0.1, 0.15) is 6.54 Å². The van der Waals surface area contributed by atoms with Gasteiger partial charge in [-0.25, -0.2) is 8.42 Å². The molecule has 1 saturated heterocycles. The number of para-hydroxylation sites is 1. The van der Waals surface area contributed by atoms with E-state index in [1.165, 1.54) is 27.4 Å². The zero-order valence-corrected chi connectivity index (χ0v) is 15.9. The van der Waals surface area contributed by atoms with Gasteiger partial charge >= 0.3 is 6.18 Å². The monoisotopic (exact) mass is 422 g/mol. The molecule has 1 aromatic rings. The topological polar surface area (TPSA) is 98.8 Å². The summed E-state index contributed by atoms with van der Waals surface area (Å²) in [5.41, 5.74) is 0.215. The fourth-order valence-electron chi connectivity index (χ4n) is 2.66. The first kappa shape index (κ1) is 22.0. The molecule has 8 nitrogen and oxygen atoms in total. The average molecular weight is 422 g/mol. The van der Waals surface area contributed by atoms with Crippen LogP contribution in [0.1, 0.15) is 10.4 Å². The lowest BCUT2D eigenvalue weighted by atomic mass is 10.1. The number of carbonyl (C=O) groups is 2. The molecule has 2 rings (SSSR count). The van der Waals surface area contributed by atoms with Crippen LogP contribution in [0.3, 0.4) is 0 Å². The Kier molecular flexibility index (Phi) is 6.88. The minimum absolute atomic E-state index is 0.0126. The number of nitrogens with one attached hydrogen (secondary N) is 2. The van der Waals surface area contributed by atoms with Gasteiger partial charge in [-0.05, 0) is 12.1 Å². The molecule has 1 aliphatic rings. The number of alkyl halides is 3. The van der Waals surface area contributed by atoms with Crippen molar-refractivity contribution in [2.45, 2.75) is 6.18 Å². The Bertz CT molecular complexity index is 821. The van der Waals surface area contributed by atoms with Gasteiger partial charge in [0.25, 0.3) is 5.91 Å². The Morgan fingerprint density at radius 1 is 1.11 bits per heavy atom. The third-order valence-corrected chi connectivity index (χ3v) is 5.41. The van der Waals surface area contributed by atoms with Crippen molar-refractivity contribution < 1.29 is 31.2 Å². The summed E-state index contributed by atoms with van der Waals surface area (Å²) in [4.78, 5) is 25.8. The van der Waals surface area contributed by atoms with Crippen LogP contribution in [0.15, 0.2) is 24.3 Å². The third-order valence-electron chi connectivity index (χ3n) is 4.11. The predicted molar refractivity (Wildman–Crippen MR) is 96.3 cm³/mol. The number of benzene rings is 1. The quantitative estimate of drug-likeness (QED) is 0.696. The number of rotatable bonds is 6. The van der Waals surface area contributed by atoms with E-state index in [4.69, 9.17) is 0 Å². The number of hydrogen-bond acceptors (Lipinski definition) is 5. The molecule has 156 valence electrons. The van der Waals surface area contributed by atoms with Crippen molar-refractivity contribution >= 4 is 27.5 Å².